The number of nitrogen functional groups attached to an aromatic ring is 1. The Kier molecular flexibility index (Phi) is 8.39. The summed E-state index contributed by atoms with van der Waals surface area (Å²) >= 11 is 1.24. The summed E-state index contributed by atoms with van der Waals surface area (Å²) in [6.07, 6.45) is 1.68. The smallest absolute Gasteiger partial charge is 0.226 e. The highest BCUT2D eigenvalue weighted by Gasteiger charge is 2.21. The summed E-state index contributed by atoms with van der Waals surface area (Å²) in [6.45, 7) is 1.36. The van der Waals surface area contributed by atoms with Gasteiger partial charge in [-0.1, -0.05) is 36.0 Å². The van der Waals surface area contributed by atoms with Crippen molar-refractivity contribution in [3.8, 4) is 34.7 Å². The molecule has 0 spiro atoms. The zero-order valence-corrected chi connectivity index (χ0v) is 21.3. The number of oxazole rings is 1. The molecule has 0 aliphatic carbocycles. The minimum atomic E-state index is -0.787. The quantitative estimate of drug-likeness (QED) is 0.261. The molecular weight excluding hydrogens is 505 g/mol. The van der Waals surface area contributed by atoms with Crippen molar-refractivity contribution >= 4 is 17.6 Å². The van der Waals surface area contributed by atoms with E-state index in [1.807, 2.05) is 12.1 Å². The first-order chi connectivity index (χ1) is 18.3. The molecule has 0 fully saturated rings. The summed E-state index contributed by atoms with van der Waals surface area (Å²) in [6, 6.07) is 16.1. The van der Waals surface area contributed by atoms with Gasteiger partial charge in [0.05, 0.1) is 24.0 Å². The number of nitriles is 2. The van der Waals surface area contributed by atoms with E-state index >= 15 is 0 Å². The van der Waals surface area contributed by atoms with Crippen molar-refractivity contribution in [1.29, 1.82) is 10.5 Å². The van der Waals surface area contributed by atoms with Gasteiger partial charge in [0.25, 0.3) is 0 Å². The molecule has 0 saturated heterocycles. The number of pyridine rings is 1. The lowest BCUT2D eigenvalue weighted by Gasteiger charge is -2.13. The van der Waals surface area contributed by atoms with Gasteiger partial charge in [-0.05, 0) is 54.7 Å². The predicted molar refractivity (Wildman–Crippen MR) is 141 cm³/mol. The molecular formula is C28H24FN5O3S. The van der Waals surface area contributed by atoms with Crippen LogP contribution in [0.25, 0.3) is 22.6 Å². The molecule has 38 heavy (non-hydrogen) atoms. The molecule has 10 heteroatoms. The molecule has 8 nitrogen and oxygen atoms in total. The summed E-state index contributed by atoms with van der Waals surface area (Å²) in [5, 5.41) is 38.8. The third-order valence-electron chi connectivity index (χ3n) is 5.95. The van der Waals surface area contributed by atoms with Crippen molar-refractivity contribution < 1.29 is 19.0 Å². The van der Waals surface area contributed by atoms with Gasteiger partial charge in [0.1, 0.15) is 40.6 Å². The molecule has 0 amide bonds. The van der Waals surface area contributed by atoms with Gasteiger partial charge in [-0.2, -0.15) is 10.5 Å². The Morgan fingerprint density at radius 3 is 2.45 bits per heavy atom. The minimum absolute atomic E-state index is 0.0155. The Morgan fingerprint density at radius 2 is 1.79 bits per heavy atom. The Hall–Kier alpha value is -4.22. The Bertz CT molecular complexity index is 1540. The van der Waals surface area contributed by atoms with Crippen molar-refractivity contribution in [2.45, 2.75) is 36.6 Å². The van der Waals surface area contributed by atoms with Gasteiger partial charge in [-0.3, -0.25) is 0 Å². The van der Waals surface area contributed by atoms with Gasteiger partial charge in [0.15, 0.2) is 0 Å². The molecule has 4 rings (SSSR count). The van der Waals surface area contributed by atoms with Gasteiger partial charge in [-0.25, -0.2) is 14.4 Å². The number of hydrogen-bond donors (Lipinski definition) is 3. The standard InChI is InChI=1S/C28H24FN5O3S/c1-16-10-19(7-9-24(16)29)27-33-20(14-37-27)15-38-28-23(12-31)25(22(11-30)26(32)34-28)18-5-2-17(3-6-18)4-8-21(36)13-35/h2-3,5-7,9-10,14,21,35-36H,4,8,13,15H2,1H3,(H2,32,34)/t21-/m0/s1. The van der Waals surface area contributed by atoms with Crippen molar-refractivity contribution in [3.63, 3.8) is 0 Å². The normalized spacial score (nSPS) is 11.6. The highest BCUT2D eigenvalue weighted by atomic mass is 32.2. The number of aromatic nitrogens is 2. The lowest BCUT2D eigenvalue weighted by atomic mass is 9.95. The van der Waals surface area contributed by atoms with Crippen molar-refractivity contribution in [1.82, 2.24) is 9.97 Å². The fourth-order valence-corrected chi connectivity index (χ4v) is 4.75. The molecule has 0 saturated carbocycles. The number of nitrogens with zero attached hydrogens (tertiary/aromatic N) is 4. The van der Waals surface area contributed by atoms with Crippen LogP contribution >= 0.6 is 11.8 Å². The first-order valence-corrected chi connectivity index (χ1v) is 12.7. The Labute approximate surface area is 223 Å². The predicted octanol–water partition coefficient (Wildman–Crippen LogP) is 4.75. The second-order valence-electron chi connectivity index (χ2n) is 8.62. The van der Waals surface area contributed by atoms with Crippen LogP contribution in [0.5, 0.6) is 0 Å². The van der Waals surface area contributed by atoms with Crippen LogP contribution in [-0.4, -0.2) is 32.9 Å². The lowest BCUT2D eigenvalue weighted by Crippen LogP contribution is -2.12. The fraction of sp³-hybridized carbons (Fsp3) is 0.214. The number of aliphatic hydroxyl groups is 2. The average Bonchev–Trinajstić information content (AvgIpc) is 3.41. The first kappa shape index (κ1) is 26.8. The number of halogens is 1. The fourth-order valence-electron chi connectivity index (χ4n) is 3.88. The van der Waals surface area contributed by atoms with Gasteiger partial charge < -0.3 is 20.4 Å². The van der Waals surface area contributed by atoms with E-state index in [9.17, 15) is 20.0 Å². The maximum absolute atomic E-state index is 13.6. The van der Waals surface area contributed by atoms with Crippen LogP contribution in [0.15, 0.2) is 58.2 Å². The third-order valence-corrected chi connectivity index (χ3v) is 6.96. The maximum atomic E-state index is 13.6. The van der Waals surface area contributed by atoms with Gasteiger partial charge >= 0.3 is 0 Å². The van der Waals surface area contributed by atoms with Crippen LogP contribution in [0.4, 0.5) is 10.2 Å². The van der Waals surface area contributed by atoms with E-state index in [2.05, 4.69) is 22.1 Å². The van der Waals surface area contributed by atoms with Crippen LogP contribution in [-0.2, 0) is 12.2 Å². The van der Waals surface area contributed by atoms with Gasteiger partial charge in [-0.15, -0.1) is 0 Å². The highest BCUT2D eigenvalue weighted by Crippen LogP contribution is 2.37. The average molecular weight is 530 g/mol. The number of thioether (sulfide) groups is 1. The first-order valence-electron chi connectivity index (χ1n) is 11.7. The lowest BCUT2D eigenvalue weighted by molar-refractivity contribution is 0.0886. The number of anilines is 1. The molecule has 2 aromatic heterocycles. The topological polar surface area (TPSA) is 153 Å². The van der Waals surface area contributed by atoms with Crippen molar-refractivity contribution in [3.05, 3.63) is 82.5 Å². The molecule has 0 aliphatic heterocycles. The molecule has 2 aromatic carbocycles. The molecule has 0 bridgehead atoms. The number of nitrogens with two attached hydrogens (primary N) is 1. The van der Waals surface area contributed by atoms with Crippen molar-refractivity contribution in [2.24, 2.45) is 0 Å². The number of benzene rings is 2. The SMILES string of the molecule is Cc1cc(-c2nc(CSc3nc(N)c(C#N)c(-c4ccc(CC[C@H](O)CO)cc4)c3C#N)co2)ccc1F. The summed E-state index contributed by atoms with van der Waals surface area (Å²) in [7, 11) is 0. The summed E-state index contributed by atoms with van der Waals surface area (Å²) in [5.41, 5.74) is 10.2. The summed E-state index contributed by atoms with van der Waals surface area (Å²) < 4.78 is 19.2. The zero-order chi connectivity index (χ0) is 27.2. The molecule has 1 atom stereocenters. The molecule has 0 radical (unpaired) electrons. The molecule has 4 N–H and O–H groups in total. The second kappa shape index (κ2) is 11.9. The van der Waals surface area contributed by atoms with Crippen LogP contribution in [0.1, 0.15) is 34.4 Å². The van der Waals surface area contributed by atoms with E-state index in [0.717, 1.165) is 5.56 Å². The minimum Gasteiger partial charge on any atom is -0.444 e. The number of hydrogen-bond acceptors (Lipinski definition) is 9. The van der Waals surface area contributed by atoms with Gasteiger partial charge in [0, 0.05) is 16.9 Å². The zero-order valence-electron chi connectivity index (χ0n) is 20.5. The van der Waals surface area contributed by atoms with Crippen LogP contribution in [0, 0.1) is 35.4 Å². The van der Waals surface area contributed by atoms with E-state index < -0.39 is 6.10 Å². The molecule has 0 aliphatic rings. The largest absolute Gasteiger partial charge is 0.444 e. The monoisotopic (exact) mass is 529 g/mol. The number of aliphatic hydroxyl groups excluding tert-OH is 2. The highest BCUT2D eigenvalue weighted by molar-refractivity contribution is 7.98. The third kappa shape index (κ3) is 5.84. The van der Waals surface area contributed by atoms with E-state index in [0.29, 0.717) is 57.5 Å². The Morgan fingerprint density at radius 1 is 1.08 bits per heavy atom. The van der Waals surface area contributed by atoms with Crippen molar-refractivity contribution in [2.75, 3.05) is 12.3 Å². The molecule has 4 aromatic rings. The van der Waals surface area contributed by atoms with Gasteiger partial charge in [0.2, 0.25) is 5.89 Å². The summed E-state index contributed by atoms with van der Waals surface area (Å²) in [4.78, 5) is 8.79. The molecule has 0 unspecified atom stereocenters. The molecule has 192 valence electrons. The van der Waals surface area contributed by atoms with Crippen LogP contribution < -0.4 is 5.73 Å². The number of rotatable bonds is 9. The van der Waals surface area contributed by atoms with E-state index in [4.69, 9.17) is 15.3 Å². The summed E-state index contributed by atoms with van der Waals surface area (Å²) in [5.74, 6) is 0.378. The molecule has 2 heterocycles. The number of aryl methyl sites for hydroxylation is 2. The second-order valence-corrected chi connectivity index (χ2v) is 9.58. The van der Waals surface area contributed by atoms with E-state index in [1.165, 1.54) is 24.1 Å². The van der Waals surface area contributed by atoms with E-state index in [1.54, 1.807) is 31.2 Å². The van der Waals surface area contributed by atoms with E-state index in [-0.39, 0.29) is 29.4 Å². The van der Waals surface area contributed by atoms with Crippen LogP contribution in [0.3, 0.4) is 0 Å². The van der Waals surface area contributed by atoms with Crippen LogP contribution in [0.2, 0.25) is 0 Å². The maximum Gasteiger partial charge on any atom is 0.226 e. The Balaban J connectivity index is 1.60.